The molecule has 0 aliphatic heterocycles. The van der Waals surface area contributed by atoms with Crippen molar-refractivity contribution in [1.29, 1.82) is 0 Å². The van der Waals surface area contributed by atoms with Gasteiger partial charge >= 0.3 is 0 Å². The normalized spacial score (nSPS) is 10.3. The molecule has 0 bridgehead atoms. The zero-order valence-corrected chi connectivity index (χ0v) is 7.78. The molecular formula is C11H11N2. The molecule has 2 heterocycles. The second kappa shape index (κ2) is 3.05. The topological polar surface area (TPSA) is 17.8 Å². The fraction of sp³-hybridized carbons (Fsp3) is 0.182. The molecule has 0 aromatic carbocycles. The minimum atomic E-state index is 0.933. The van der Waals surface area contributed by atoms with Crippen LogP contribution in [-0.4, -0.2) is 9.55 Å². The smallest absolute Gasteiger partial charge is 0.137 e. The molecule has 0 fully saturated rings. The summed E-state index contributed by atoms with van der Waals surface area (Å²) in [7, 11) is 0. The number of pyridine rings is 1. The van der Waals surface area contributed by atoms with Crippen LogP contribution in [0.1, 0.15) is 11.4 Å². The quantitative estimate of drug-likeness (QED) is 0.643. The zero-order valence-electron chi connectivity index (χ0n) is 7.78. The lowest BCUT2D eigenvalue weighted by atomic mass is 10.4. The van der Waals surface area contributed by atoms with Crippen molar-refractivity contribution in [1.82, 2.24) is 9.55 Å². The molecule has 2 rings (SSSR count). The molecule has 2 aromatic rings. The molecule has 0 aliphatic rings. The molecule has 0 saturated heterocycles. The van der Waals surface area contributed by atoms with Gasteiger partial charge in [-0.2, -0.15) is 0 Å². The number of aromatic nitrogens is 2. The Morgan fingerprint density at radius 3 is 2.38 bits per heavy atom. The largest absolute Gasteiger partial charge is 0.303 e. The van der Waals surface area contributed by atoms with Gasteiger partial charge in [0.05, 0.1) is 6.20 Å². The van der Waals surface area contributed by atoms with Crippen molar-refractivity contribution in [2.24, 2.45) is 0 Å². The highest BCUT2D eigenvalue weighted by atomic mass is 15.1. The first-order valence-electron chi connectivity index (χ1n) is 4.27. The van der Waals surface area contributed by atoms with Gasteiger partial charge in [-0.1, -0.05) is 6.07 Å². The lowest BCUT2D eigenvalue weighted by molar-refractivity contribution is 0.921. The lowest BCUT2D eigenvalue weighted by Gasteiger charge is -2.06. The van der Waals surface area contributed by atoms with Gasteiger partial charge < -0.3 is 4.57 Å². The number of aryl methyl sites for hydroxylation is 2. The van der Waals surface area contributed by atoms with E-state index < -0.39 is 0 Å². The highest BCUT2D eigenvalue weighted by Crippen LogP contribution is 2.12. The summed E-state index contributed by atoms with van der Waals surface area (Å²) in [6, 6.07) is 9.91. The van der Waals surface area contributed by atoms with Crippen molar-refractivity contribution >= 4 is 0 Å². The van der Waals surface area contributed by atoms with Crippen molar-refractivity contribution in [3.05, 3.63) is 47.9 Å². The third-order valence-electron chi connectivity index (χ3n) is 2.10. The third kappa shape index (κ3) is 1.35. The maximum Gasteiger partial charge on any atom is 0.137 e. The van der Waals surface area contributed by atoms with Crippen LogP contribution in [0.15, 0.2) is 30.3 Å². The molecule has 0 unspecified atom stereocenters. The van der Waals surface area contributed by atoms with Crippen molar-refractivity contribution in [2.75, 3.05) is 0 Å². The second-order valence-electron chi connectivity index (χ2n) is 3.08. The van der Waals surface area contributed by atoms with E-state index in [0.717, 1.165) is 5.82 Å². The summed E-state index contributed by atoms with van der Waals surface area (Å²) in [6.07, 6.45) is 2.83. The SMILES string of the molecule is Cc1ccc(C)n1-c1ccc[c]n1. The summed E-state index contributed by atoms with van der Waals surface area (Å²) in [5.74, 6) is 0.933. The van der Waals surface area contributed by atoms with Crippen LogP contribution in [-0.2, 0) is 0 Å². The van der Waals surface area contributed by atoms with Crippen molar-refractivity contribution in [2.45, 2.75) is 13.8 Å². The van der Waals surface area contributed by atoms with E-state index in [0.29, 0.717) is 0 Å². The summed E-state index contributed by atoms with van der Waals surface area (Å²) in [4.78, 5) is 4.18. The maximum absolute atomic E-state index is 4.18. The molecule has 2 aromatic heterocycles. The zero-order chi connectivity index (χ0) is 9.26. The van der Waals surface area contributed by atoms with Crippen molar-refractivity contribution in [3.8, 4) is 5.82 Å². The average molecular weight is 171 g/mol. The molecule has 1 radical (unpaired) electrons. The molecule has 0 atom stereocenters. The van der Waals surface area contributed by atoms with Gasteiger partial charge in [0.25, 0.3) is 0 Å². The third-order valence-corrected chi connectivity index (χ3v) is 2.10. The summed E-state index contributed by atoms with van der Waals surface area (Å²) in [5.41, 5.74) is 2.40. The van der Waals surface area contributed by atoms with Crippen LogP contribution in [0.25, 0.3) is 5.82 Å². The molecular weight excluding hydrogens is 160 g/mol. The van der Waals surface area contributed by atoms with E-state index in [4.69, 9.17) is 0 Å². The maximum atomic E-state index is 4.18. The Morgan fingerprint density at radius 1 is 1.15 bits per heavy atom. The van der Waals surface area contributed by atoms with Crippen LogP contribution < -0.4 is 0 Å². The average Bonchev–Trinajstić information content (AvgIpc) is 2.48. The van der Waals surface area contributed by atoms with Crippen LogP contribution in [0.4, 0.5) is 0 Å². The van der Waals surface area contributed by atoms with Gasteiger partial charge in [-0.05, 0) is 38.1 Å². The Kier molecular flexibility index (Phi) is 1.89. The highest BCUT2D eigenvalue weighted by molar-refractivity contribution is 5.30. The summed E-state index contributed by atoms with van der Waals surface area (Å²) in [5, 5.41) is 0. The summed E-state index contributed by atoms with van der Waals surface area (Å²) in [6.45, 7) is 4.14. The second-order valence-corrected chi connectivity index (χ2v) is 3.08. The molecule has 0 amide bonds. The van der Waals surface area contributed by atoms with Gasteiger partial charge in [0.15, 0.2) is 0 Å². The Balaban J connectivity index is 2.59. The molecule has 65 valence electrons. The summed E-state index contributed by atoms with van der Waals surface area (Å²) < 4.78 is 2.11. The van der Waals surface area contributed by atoms with E-state index in [1.165, 1.54) is 11.4 Å². The first-order valence-corrected chi connectivity index (χ1v) is 4.27. The van der Waals surface area contributed by atoms with Crippen LogP contribution in [0.2, 0.25) is 0 Å². The van der Waals surface area contributed by atoms with Crippen LogP contribution in [0.5, 0.6) is 0 Å². The molecule has 2 heteroatoms. The Hall–Kier alpha value is -1.57. The number of nitrogens with zero attached hydrogens (tertiary/aromatic N) is 2. The highest BCUT2D eigenvalue weighted by Gasteiger charge is 2.02. The van der Waals surface area contributed by atoms with E-state index in [2.05, 4.69) is 41.7 Å². The van der Waals surface area contributed by atoms with E-state index in [1.54, 1.807) is 6.07 Å². The van der Waals surface area contributed by atoms with Crippen LogP contribution >= 0.6 is 0 Å². The van der Waals surface area contributed by atoms with Crippen LogP contribution in [0.3, 0.4) is 0 Å². The van der Waals surface area contributed by atoms with Gasteiger partial charge in [0, 0.05) is 11.4 Å². The van der Waals surface area contributed by atoms with Gasteiger partial charge in [-0.25, -0.2) is 4.98 Å². The predicted molar refractivity (Wildman–Crippen MR) is 51.9 cm³/mol. The number of hydrogen-bond acceptors (Lipinski definition) is 1. The van der Waals surface area contributed by atoms with Gasteiger partial charge in [0.1, 0.15) is 5.82 Å². The number of rotatable bonds is 1. The van der Waals surface area contributed by atoms with Gasteiger partial charge in [-0.3, -0.25) is 0 Å². The monoisotopic (exact) mass is 171 g/mol. The van der Waals surface area contributed by atoms with Crippen LogP contribution in [0, 0.1) is 20.0 Å². The lowest BCUT2D eigenvalue weighted by Crippen LogP contribution is -2.00. The van der Waals surface area contributed by atoms with Gasteiger partial charge in [0.2, 0.25) is 0 Å². The molecule has 2 nitrogen and oxygen atoms in total. The summed E-state index contributed by atoms with van der Waals surface area (Å²) >= 11 is 0. The van der Waals surface area contributed by atoms with E-state index in [1.807, 2.05) is 12.1 Å². The predicted octanol–water partition coefficient (Wildman–Crippen LogP) is 2.29. The number of hydrogen-bond donors (Lipinski definition) is 0. The minimum absolute atomic E-state index is 0.933. The first kappa shape index (κ1) is 8.05. The van der Waals surface area contributed by atoms with E-state index in [9.17, 15) is 0 Å². The molecule has 13 heavy (non-hydrogen) atoms. The Bertz CT molecular complexity index is 382. The van der Waals surface area contributed by atoms with E-state index in [-0.39, 0.29) is 0 Å². The minimum Gasteiger partial charge on any atom is -0.303 e. The molecule has 0 aliphatic carbocycles. The molecule has 0 spiro atoms. The fourth-order valence-electron chi connectivity index (χ4n) is 1.47. The Morgan fingerprint density at radius 2 is 1.85 bits per heavy atom. The molecule has 0 saturated carbocycles. The fourth-order valence-corrected chi connectivity index (χ4v) is 1.47. The van der Waals surface area contributed by atoms with Gasteiger partial charge in [-0.15, -0.1) is 0 Å². The standard InChI is InChI=1S/C11H11N2/c1-9-6-7-10(2)13(9)11-5-3-4-8-12-11/h3-7H,1-2H3. The Labute approximate surface area is 77.9 Å². The molecule has 0 N–H and O–H groups in total. The first-order chi connectivity index (χ1) is 6.29. The van der Waals surface area contributed by atoms with Crippen molar-refractivity contribution < 1.29 is 0 Å². The van der Waals surface area contributed by atoms with E-state index >= 15 is 0 Å². The van der Waals surface area contributed by atoms with Crippen molar-refractivity contribution in [3.63, 3.8) is 0 Å².